The molecule has 1 aliphatic rings. The van der Waals surface area contributed by atoms with Crippen LogP contribution in [0.25, 0.3) is 0 Å². The van der Waals surface area contributed by atoms with Crippen molar-refractivity contribution in [1.29, 1.82) is 0 Å². The minimum Gasteiger partial charge on any atom is -0.274 e. The number of carbonyl (C=O) groups excluding carboxylic acids is 1. The number of rotatable bonds is 2. The molecule has 1 fully saturated rings. The molecular weight excluding hydrogens is 274 g/mol. The fraction of sp³-hybridized carbons (Fsp3) is 0.417. The van der Waals surface area contributed by atoms with Gasteiger partial charge in [-0.1, -0.05) is 17.7 Å². The van der Waals surface area contributed by atoms with Gasteiger partial charge in [0.05, 0.1) is 12.5 Å². The molecule has 1 aromatic rings. The van der Waals surface area contributed by atoms with Gasteiger partial charge in [0.25, 0.3) is 0 Å². The second-order valence-electron chi connectivity index (χ2n) is 4.66. The van der Waals surface area contributed by atoms with Crippen molar-refractivity contribution >= 4 is 25.8 Å². The molecule has 1 aliphatic heterocycles. The normalized spacial score (nSPS) is 19.9. The summed E-state index contributed by atoms with van der Waals surface area (Å²) < 4.78 is 23.5. The molecule has 0 saturated carbocycles. The number of amides is 1. The number of halogens is 1. The first kappa shape index (κ1) is 13.4. The van der Waals surface area contributed by atoms with Crippen molar-refractivity contribution in [3.05, 3.63) is 34.4 Å². The highest BCUT2D eigenvalue weighted by molar-refractivity contribution is 8.12. The van der Waals surface area contributed by atoms with Crippen molar-refractivity contribution in [2.75, 3.05) is 0 Å². The Hall–Kier alpha value is -1.07. The highest BCUT2D eigenvalue weighted by Crippen LogP contribution is 2.41. The van der Waals surface area contributed by atoms with E-state index in [0.717, 1.165) is 26.6 Å². The maximum absolute atomic E-state index is 11.4. The van der Waals surface area contributed by atoms with E-state index in [1.54, 1.807) is 0 Å². The predicted octanol–water partition coefficient (Wildman–Crippen LogP) is 2.37. The Morgan fingerprint density at radius 1 is 1.22 bits per heavy atom. The highest BCUT2D eigenvalue weighted by Gasteiger charge is 2.45. The van der Waals surface area contributed by atoms with Gasteiger partial charge in [-0.05, 0) is 37.5 Å². The van der Waals surface area contributed by atoms with Crippen molar-refractivity contribution in [2.45, 2.75) is 33.2 Å². The van der Waals surface area contributed by atoms with Gasteiger partial charge in [-0.2, -0.15) is 8.42 Å². The summed E-state index contributed by atoms with van der Waals surface area (Å²) in [7, 11) is 1.29. The van der Waals surface area contributed by atoms with Gasteiger partial charge in [0.2, 0.25) is 5.91 Å². The first-order valence-corrected chi connectivity index (χ1v) is 7.83. The molecule has 18 heavy (non-hydrogen) atoms. The molecule has 0 aromatic heterocycles. The largest absolute Gasteiger partial charge is 0.324 e. The minimum absolute atomic E-state index is 0.191. The molecule has 98 valence electrons. The van der Waals surface area contributed by atoms with E-state index >= 15 is 0 Å². The van der Waals surface area contributed by atoms with Crippen LogP contribution in [0.5, 0.6) is 0 Å². The lowest BCUT2D eigenvalue weighted by Gasteiger charge is -2.38. The summed E-state index contributed by atoms with van der Waals surface area (Å²) in [6.45, 7) is 5.81. The quantitative estimate of drug-likeness (QED) is 0.620. The van der Waals surface area contributed by atoms with E-state index in [0.29, 0.717) is 0 Å². The number of benzene rings is 1. The van der Waals surface area contributed by atoms with Crippen molar-refractivity contribution in [3.8, 4) is 0 Å². The Kier molecular flexibility index (Phi) is 3.15. The third kappa shape index (κ3) is 2.12. The smallest absolute Gasteiger partial charge is 0.274 e. The van der Waals surface area contributed by atoms with Crippen LogP contribution in [-0.4, -0.2) is 18.6 Å². The minimum atomic E-state index is -4.00. The molecule has 1 unspecified atom stereocenters. The summed E-state index contributed by atoms with van der Waals surface area (Å²) in [5.74, 6) is -0.450. The number of carbonyl (C=O) groups is 1. The summed E-state index contributed by atoms with van der Waals surface area (Å²) in [6.07, 6.45) is 0.191. The second-order valence-corrected chi connectivity index (χ2v) is 7.05. The predicted molar refractivity (Wildman–Crippen MR) is 69.6 cm³/mol. The number of hydrogen-bond donors (Lipinski definition) is 0. The summed E-state index contributed by atoms with van der Waals surface area (Å²) in [5, 5.41) is 0. The zero-order valence-corrected chi connectivity index (χ0v) is 12.0. The molecule has 4 nitrogen and oxygen atoms in total. The fourth-order valence-corrected chi connectivity index (χ4v) is 3.93. The first-order chi connectivity index (χ1) is 8.21. The fourth-order valence-electron chi connectivity index (χ4n) is 2.61. The van der Waals surface area contributed by atoms with Crippen LogP contribution in [0.3, 0.4) is 0 Å². The van der Waals surface area contributed by atoms with Gasteiger partial charge in [0.15, 0.2) is 0 Å². The van der Waals surface area contributed by atoms with Crippen LogP contribution in [0.2, 0.25) is 0 Å². The Bertz CT molecular complexity index is 601. The lowest BCUT2D eigenvalue weighted by atomic mass is 9.88. The van der Waals surface area contributed by atoms with Gasteiger partial charge in [-0.3, -0.25) is 4.79 Å². The molecule has 1 aromatic carbocycles. The molecule has 0 spiro atoms. The summed E-state index contributed by atoms with van der Waals surface area (Å²) >= 11 is 0. The van der Waals surface area contributed by atoms with Crippen LogP contribution in [0.15, 0.2) is 12.1 Å². The number of nitrogens with zero attached hydrogens (tertiary/aromatic N) is 1. The molecule has 0 radical (unpaired) electrons. The maximum atomic E-state index is 11.4. The highest BCUT2D eigenvalue weighted by atomic mass is 35.7. The first-order valence-electron chi connectivity index (χ1n) is 5.56. The van der Waals surface area contributed by atoms with Crippen LogP contribution in [0.4, 0.5) is 0 Å². The zero-order chi connectivity index (χ0) is 13.7. The van der Waals surface area contributed by atoms with Crippen molar-refractivity contribution in [1.82, 2.24) is 4.31 Å². The molecule has 0 bridgehead atoms. The van der Waals surface area contributed by atoms with Gasteiger partial charge in [0, 0.05) is 10.7 Å². The number of hydrogen-bond acceptors (Lipinski definition) is 3. The lowest BCUT2D eigenvalue weighted by Crippen LogP contribution is -2.48. The molecule has 0 N–H and O–H groups in total. The van der Waals surface area contributed by atoms with E-state index < -0.39 is 21.2 Å². The molecule has 1 atom stereocenters. The van der Waals surface area contributed by atoms with E-state index in [2.05, 4.69) is 0 Å². The number of aryl methyl sites for hydroxylation is 3. The van der Waals surface area contributed by atoms with Gasteiger partial charge >= 0.3 is 9.24 Å². The average Bonchev–Trinajstić information content (AvgIpc) is 2.11. The maximum Gasteiger partial charge on any atom is 0.324 e. The van der Waals surface area contributed by atoms with E-state index in [9.17, 15) is 13.2 Å². The van der Waals surface area contributed by atoms with Gasteiger partial charge in [0.1, 0.15) is 0 Å². The second kappa shape index (κ2) is 4.24. The third-order valence-corrected chi connectivity index (χ3v) is 4.58. The summed E-state index contributed by atoms with van der Waals surface area (Å²) in [5.41, 5.74) is 3.95. The molecule has 1 saturated heterocycles. The Balaban J connectivity index is 2.49. The van der Waals surface area contributed by atoms with Crippen molar-refractivity contribution < 1.29 is 13.2 Å². The van der Waals surface area contributed by atoms with Gasteiger partial charge in [-0.15, -0.1) is 0 Å². The van der Waals surface area contributed by atoms with E-state index in [1.807, 2.05) is 32.9 Å². The van der Waals surface area contributed by atoms with E-state index in [-0.39, 0.29) is 6.42 Å². The zero-order valence-electron chi connectivity index (χ0n) is 10.4. The Labute approximate surface area is 111 Å². The van der Waals surface area contributed by atoms with E-state index in [1.165, 1.54) is 0 Å². The van der Waals surface area contributed by atoms with Crippen LogP contribution in [0, 0.1) is 20.8 Å². The Morgan fingerprint density at radius 3 is 2.11 bits per heavy atom. The third-order valence-electron chi connectivity index (χ3n) is 3.20. The number of β-lactam (4-membered cyclic amide) rings is 1. The van der Waals surface area contributed by atoms with E-state index in [4.69, 9.17) is 10.7 Å². The molecule has 2 rings (SSSR count). The molecule has 1 amide bonds. The van der Waals surface area contributed by atoms with Crippen molar-refractivity contribution in [3.63, 3.8) is 0 Å². The topological polar surface area (TPSA) is 54.5 Å². The van der Waals surface area contributed by atoms with Crippen LogP contribution in [-0.2, 0) is 14.0 Å². The van der Waals surface area contributed by atoms with Crippen LogP contribution >= 0.6 is 10.7 Å². The molecular formula is C12H14ClNO3S. The Morgan fingerprint density at radius 2 is 1.72 bits per heavy atom. The van der Waals surface area contributed by atoms with Gasteiger partial charge < -0.3 is 0 Å². The van der Waals surface area contributed by atoms with Crippen LogP contribution in [0.1, 0.15) is 34.7 Å². The molecule has 0 aliphatic carbocycles. The molecule has 6 heteroatoms. The van der Waals surface area contributed by atoms with Crippen molar-refractivity contribution in [2.24, 2.45) is 0 Å². The standard InChI is InChI=1S/C12H14ClNO3S/c1-7-4-8(2)12(9(3)5-7)10-6-11(15)14(10)18(13,16)17/h4-5,10H,6H2,1-3H3. The average molecular weight is 288 g/mol. The van der Waals surface area contributed by atoms with Crippen LogP contribution < -0.4 is 0 Å². The molecule has 1 heterocycles. The SMILES string of the molecule is Cc1cc(C)c(C2CC(=O)N2S(=O)(=O)Cl)c(C)c1. The van der Waals surface area contributed by atoms with Gasteiger partial charge in [-0.25, -0.2) is 4.31 Å². The monoisotopic (exact) mass is 287 g/mol. The summed E-state index contributed by atoms with van der Waals surface area (Å²) in [6, 6.07) is 3.49. The lowest BCUT2D eigenvalue weighted by molar-refractivity contribution is -0.137. The summed E-state index contributed by atoms with van der Waals surface area (Å²) in [4.78, 5) is 11.4.